The molecule has 4 aliphatic carbocycles. The van der Waals surface area contributed by atoms with Crippen LogP contribution in [0.3, 0.4) is 0 Å². The predicted octanol–water partition coefficient (Wildman–Crippen LogP) is 7.87. The number of rotatable bonds is 2. The molecule has 0 radical (unpaired) electrons. The molecule has 5 fully saturated rings. The molecule has 1 saturated heterocycles. The van der Waals surface area contributed by atoms with Gasteiger partial charge < -0.3 is 9.84 Å². The summed E-state index contributed by atoms with van der Waals surface area (Å²) in [5, 5.41) is 10.9. The smallest absolute Gasteiger partial charge is 0.0683 e. The van der Waals surface area contributed by atoms with E-state index in [9.17, 15) is 5.11 Å². The average molecular weight is 459 g/mol. The molecule has 5 rings (SSSR count). The van der Waals surface area contributed by atoms with E-state index < -0.39 is 0 Å². The highest BCUT2D eigenvalue weighted by Crippen LogP contribution is 2.76. The van der Waals surface area contributed by atoms with Crippen LogP contribution in [0.5, 0.6) is 0 Å². The molecule has 5 aliphatic rings. The fourth-order valence-electron chi connectivity index (χ4n) is 11.4. The molecule has 0 bridgehead atoms. The largest absolute Gasteiger partial charge is 0.393 e. The van der Waals surface area contributed by atoms with Gasteiger partial charge in [-0.3, -0.25) is 0 Å². The number of ether oxygens (including phenoxy) is 1. The molecule has 2 nitrogen and oxygen atoms in total. The number of aliphatic hydroxyl groups is 1. The van der Waals surface area contributed by atoms with Crippen LogP contribution in [-0.2, 0) is 4.74 Å². The highest BCUT2D eigenvalue weighted by Gasteiger charge is 2.70. The van der Waals surface area contributed by atoms with Crippen molar-refractivity contribution in [3.05, 3.63) is 0 Å². The Morgan fingerprint density at radius 2 is 1.39 bits per heavy atom. The summed E-state index contributed by atoms with van der Waals surface area (Å²) in [7, 11) is 0. The van der Waals surface area contributed by atoms with Crippen molar-refractivity contribution in [2.45, 2.75) is 132 Å². The minimum Gasteiger partial charge on any atom is -0.393 e. The average Bonchev–Trinajstić information content (AvgIpc) is 3.25. The third-order valence-electron chi connectivity index (χ3n) is 14.0. The molecular weight excluding hydrogens is 404 g/mol. The Bertz CT molecular complexity index is 788. The molecule has 1 N–H and O–H groups in total. The van der Waals surface area contributed by atoms with E-state index in [0.717, 1.165) is 30.8 Å². The van der Waals surface area contributed by atoms with Crippen LogP contribution in [0.2, 0.25) is 0 Å². The summed E-state index contributed by atoms with van der Waals surface area (Å²) >= 11 is 0. The van der Waals surface area contributed by atoms with Crippen molar-refractivity contribution in [3.63, 3.8) is 0 Å². The van der Waals surface area contributed by atoms with Crippen molar-refractivity contribution in [3.8, 4) is 0 Å². The van der Waals surface area contributed by atoms with Crippen LogP contribution in [0.15, 0.2) is 0 Å². The molecule has 4 saturated carbocycles. The van der Waals surface area contributed by atoms with Crippen LogP contribution >= 0.6 is 0 Å². The maximum atomic E-state index is 10.9. The van der Waals surface area contributed by atoms with E-state index in [1.807, 2.05) is 0 Å². The van der Waals surface area contributed by atoms with Crippen molar-refractivity contribution < 1.29 is 9.84 Å². The summed E-state index contributed by atoms with van der Waals surface area (Å²) in [4.78, 5) is 0. The second-order valence-electron chi connectivity index (χ2n) is 15.8. The Morgan fingerprint density at radius 3 is 2.03 bits per heavy atom. The number of hydrogen-bond acceptors (Lipinski definition) is 2. The second kappa shape index (κ2) is 7.24. The van der Waals surface area contributed by atoms with Crippen molar-refractivity contribution in [2.75, 3.05) is 6.61 Å². The molecule has 1 aliphatic heterocycles. The quantitative estimate of drug-likeness (QED) is 0.456. The molecule has 1 heterocycles. The number of aliphatic hydroxyl groups excluding tert-OH is 1. The second-order valence-corrected chi connectivity index (χ2v) is 15.8. The molecule has 0 aromatic carbocycles. The van der Waals surface area contributed by atoms with Crippen LogP contribution in [0.1, 0.15) is 120 Å². The van der Waals surface area contributed by atoms with Gasteiger partial charge in [-0.25, -0.2) is 0 Å². The Balaban J connectivity index is 1.45. The van der Waals surface area contributed by atoms with Gasteiger partial charge in [-0.1, -0.05) is 55.4 Å². The normalized spacial score (nSPS) is 58.1. The zero-order valence-electron chi connectivity index (χ0n) is 23.4. The van der Waals surface area contributed by atoms with E-state index in [1.165, 1.54) is 51.4 Å². The van der Waals surface area contributed by atoms with Gasteiger partial charge in [0.1, 0.15) is 0 Å². The van der Waals surface area contributed by atoms with Crippen LogP contribution in [0.25, 0.3) is 0 Å². The lowest BCUT2D eigenvalue weighted by Gasteiger charge is -2.70. The minimum absolute atomic E-state index is 0.0505. The first-order chi connectivity index (χ1) is 15.1. The Morgan fingerprint density at radius 1 is 0.727 bits per heavy atom. The fourth-order valence-corrected chi connectivity index (χ4v) is 11.4. The van der Waals surface area contributed by atoms with Gasteiger partial charge in [-0.05, 0) is 121 Å². The third-order valence-corrected chi connectivity index (χ3v) is 14.0. The number of fused-ring (bicyclic) bond motifs is 5. The molecule has 10 atom stereocenters. The molecule has 0 aromatic rings. The van der Waals surface area contributed by atoms with E-state index in [2.05, 4.69) is 62.3 Å². The molecule has 0 amide bonds. The van der Waals surface area contributed by atoms with Crippen molar-refractivity contribution >= 4 is 0 Å². The SMILES string of the molecule is CC(C)[C@@]1(C)C[C@@](C)([C@H]2CC[C@]3(C)[C@@H]2CC[C@@H]2[C@@]4(C)CC[C@@H](O)C(C)(C)[C@@H]4CC[C@]23C)CO1. The molecule has 33 heavy (non-hydrogen) atoms. The third kappa shape index (κ3) is 3.04. The molecule has 0 aromatic heterocycles. The van der Waals surface area contributed by atoms with Crippen molar-refractivity contribution in [2.24, 2.45) is 56.7 Å². The molecule has 0 spiro atoms. The van der Waals surface area contributed by atoms with Crippen LogP contribution < -0.4 is 0 Å². The zero-order chi connectivity index (χ0) is 24.2. The van der Waals surface area contributed by atoms with Crippen LogP contribution in [-0.4, -0.2) is 23.4 Å². The molecule has 2 heteroatoms. The topological polar surface area (TPSA) is 29.5 Å². The predicted molar refractivity (Wildman–Crippen MR) is 137 cm³/mol. The Kier molecular flexibility index (Phi) is 5.40. The lowest BCUT2D eigenvalue weighted by atomic mass is 9.35. The fraction of sp³-hybridized carbons (Fsp3) is 1.00. The van der Waals surface area contributed by atoms with Crippen molar-refractivity contribution in [1.82, 2.24) is 0 Å². The van der Waals surface area contributed by atoms with E-state index >= 15 is 0 Å². The standard InChI is InChI=1S/C31H54O2/c1-20(2)31(9)18-27(5,19-33-31)21-12-16-29(7)22(21)10-11-24-28(6)15-14-25(32)26(3,4)23(28)13-17-30(24,29)8/h20-25,32H,10-19H2,1-9H3/t21-,22+,23-,24+,25+,27+,28-,29+,30+,31+/m0/s1. The van der Waals surface area contributed by atoms with Crippen LogP contribution in [0, 0.1) is 56.7 Å². The summed E-state index contributed by atoms with van der Waals surface area (Å²) in [6.45, 7) is 23.4. The maximum Gasteiger partial charge on any atom is 0.0683 e. The first kappa shape index (κ1) is 24.6. The summed E-state index contributed by atoms with van der Waals surface area (Å²) in [6.07, 6.45) is 11.7. The molecule has 0 unspecified atom stereocenters. The van der Waals surface area contributed by atoms with E-state index in [-0.39, 0.29) is 17.1 Å². The highest BCUT2D eigenvalue weighted by molar-refractivity contribution is 5.18. The summed E-state index contributed by atoms with van der Waals surface area (Å²) in [6, 6.07) is 0. The summed E-state index contributed by atoms with van der Waals surface area (Å²) in [5.41, 5.74) is 1.72. The van der Waals surface area contributed by atoms with Gasteiger partial charge in [0.25, 0.3) is 0 Å². The maximum absolute atomic E-state index is 10.9. The van der Waals surface area contributed by atoms with Gasteiger partial charge in [0.05, 0.1) is 18.3 Å². The van der Waals surface area contributed by atoms with Crippen molar-refractivity contribution in [1.29, 1.82) is 0 Å². The molecule has 190 valence electrons. The van der Waals surface area contributed by atoms with Crippen LogP contribution in [0.4, 0.5) is 0 Å². The van der Waals surface area contributed by atoms with Gasteiger partial charge in [-0.2, -0.15) is 0 Å². The molecular formula is C31H54O2. The van der Waals surface area contributed by atoms with Gasteiger partial charge in [0, 0.05) is 0 Å². The monoisotopic (exact) mass is 458 g/mol. The Labute approximate surface area is 205 Å². The van der Waals surface area contributed by atoms with Gasteiger partial charge in [-0.15, -0.1) is 0 Å². The van der Waals surface area contributed by atoms with Gasteiger partial charge >= 0.3 is 0 Å². The Hall–Kier alpha value is -0.0800. The highest BCUT2D eigenvalue weighted by atomic mass is 16.5. The zero-order valence-corrected chi connectivity index (χ0v) is 23.4. The lowest BCUT2D eigenvalue weighted by Crippen LogP contribution is -2.64. The lowest BCUT2D eigenvalue weighted by molar-refractivity contribution is -0.223. The summed E-state index contributed by atoms with van der Waals surface area (Å²) in [5.74, 6) is 3.72. The van der Waals surface area contributed by atoms with Gasteiger partial charge in [0.2, 0.25) is 0 Å². The summed E-state index contributed by atoms with van der Waals surface area (Å²) < 4.78 is 6.57. The van der Waals surface area contributed by atoms with E-state index in [4.69, 9.17) is 4.74 Å². The number of hydrogen-bond donors (Lipinski definition) is 1. The first-order valence-electron chi connectivity index (χ1n) is 14.5. The van der Waals surface area contributed by atoms with Gasteiger partial charge in [0.15, 0.2) is 0 Å². The minimum atomic E-state index is -0.125. The van der Waals surface area contributed by atoms with E-state index in [1.54, 1.807) is 0 Å². The first-order valence-corrected chi connectivity index (χ1v) is 14.5. The van der Waals surface area contributed by atoms with E-state index in [0.29, 0.717) is 33.5 Å².